The van der Waals surface area contributed by atoms with Gasteiger partial charge in [0, 0.05) is 26.4 Å². The first-order valence-corrected chi connectivity index (χ1v) is 9.49. The topological polar surface area (TPSA) is 77.0 Å². The molecule has 2 N–H and O–H groups in total. The molecule has 0 aromatic rings. The third-order valence-corrected chi connectivity index (χ3v) is 4.48. The molecule has 0 saturated carbocycles. The fraction of sp³-hybridized carbons (Fsp3) is 0.842. The quantitative estimate of drug-likeness (QED) is 0.494. The molecule has 0 radical (unpaired) electrons. The molecule has 0 spiro atoms. The van der Waals surface area contributed by atoms with Gasteiger partial charge in [-0.2, -0.15) is 0 Å². The Hall–Kier alpha value is -0.950. The van der Waals surface area contributed by atoms with Gasteiger partial charge < -0.3 is 19.3 Å². The standard InChI is InChI=1S/C19H35NO5/c1-4-6-11-18(25-5-2)17(23-3)12-7-10-16(19(21)22)20-15-9-8-13-24-14-15/h7,10,15-18,20H,4-6,8-9,11-14H2,1-3H3,(H,21,22)/t15-,16+,17+,18-/m1/s1. The third-order valence-electron chi connectivity index (χ3n) is 4.48. The molecule has 6 heteroatoms. The van der Waals surface area contributed by atoms with Crippen LogP contribution in [-0.2, 0) is 19.0 Å². The number of carboxylic acids is 1. The van der Waals surface area contributed by atoms with Crippen LogP contribution in [0.2, 0.25) is 0 Å². The van der Waals surface area contributed by atoms with Gasteiger partial charge in [-0.25, -0.2) is 0 Å². The van der Waals surface area contributed by atoms with Crippen molar-refractivity contribution in [3.05, 3.63) is 12.2 Å². The highest BCUT2D eigenvalue weighted by molar-refractivity contribution is 5.75. The predicted molar refractivity (Wildman–Crippen MR) is 97.9 cm³/mol. The second kappa shape index (κ2) is 13.3. The minimum absolute atomic E-state index is 0.0441. The van der Waals surface area contributed by atoms with Crippen LogP contribution in [0.25, 0.3) is 0 Å². The Morgan fingerprint density at radius 1 is 1.40 bits per heavy atom. The largest absolute Gasteiger partial charge is 0.480 e. The third kappa shape index (κ3) is 8.81. The van der Waals surface area contributed by atoms with Crippen molar-refractivity contribution in [2.45, 2.75) is 76.7 Å². The summed E-state index contributed by atoms with van der Waals surface area (Å²) in [5, 5.41) is 12.6. The van der Waals surface area contributed by atoms with Gasteiger partial charge in [0.05, 0.1) is 18.8 Å². The Morgan fingerprint density at radius 2 is 2.20 bits per heavy atom. The molecule has 0 bridgehead atoms. The van der Waals surface area contributed by atoms with Crippen molar-refractivity contribution in [3.63, 3.8) is 0 Å². The molecule has 1 fully saturated rings. The van der Waals surface area contributed by atoms with Crippen LogP contribution in [0.5, 0.6) is 0 Å². The number of carboxylic acid groups (broad SMARTS) is 1. The van der Waals surface area contributed by atoms with Crippen LogP contribution in [0.1, 0.15) is 52.4 Å². The number of aliphatic carboxylic acids is 1. The summed E-state index contributed by atoms with van der Waals surface area (Å²) in [7, 11) is 1.68. The molecule has 25 heavy (non-hydrogen) atoms. The van der Waals surface area contributed by atoms with E-state index in [4.69, 9.17) is 14.2 Å². The molecule has 0 aromatic heterocycles. The van der Waals surface area contributed by atoms with Crippen molar-refractivity contribution in [1.82, 2.24) is 5.32 Å². The lowest BCUT2D eigenvalue weighted by Crippen LogP contribution is -2.46. The van der Waals surface area contributed by atoms with Crippen LogP contribution in [0.15, 0.2) is 12.2 Å². The van der Waals surface area contributed by atoms with E-state index >= 15 is 0 Å². The number of rotatable bonds is 13. The highest BCUT2D eigenvalue weighted by Crippen LogP contribution is 2.16. The van der Waals surface area contributed by atoms with E-state index < -0.39 is 12.0 Å². The van der Waals surface area contributed by atoms with Gasteiger partial charge in [-0.1, -0.05) is 31.9 Å². The molecular formula is C19H35NO5. The summed E-state index contributed by atoms with van der Waals surface area (Å²) in [5.74, 6) is -0.872. The Balaban J connectivity index is 2.56. The smallest absolute Gasteiger partial charge is 0.324 e. The van der Waals surface area contributed by atoms with Gasteiger partial charge in [-0.3, -0.25) is 10.1 Å². The lowest BCUT2D eigenvalue weighted by molar-refractivity contribution is -0.138. The van der Waals surface area contributed by atoms with Gasteiger partial charge in [0.25, 0.3) is 0 Å². The molecule has 1 saturated heterocycles. The number of unbranched alkanes of at least 4 members (excludes halogenated alkanes) is 1. The Bertz CT molecular complexity index is 382. The van der Waals surface area contributed by atoms with Crippen molar-refractivity contribution in [1.29, 1.82) is 0 Å². The van der Waals surface area contributed by atoms with E-state index in [0.29, 0.717) is 19.6 Å². The molecule has 6 nitrogen and oxygen atoms in total. The molecule has 0 aliphatic carbocycles. The molecule has 146 valence electrons. The van der Waals surface area contributed by atoms with Crippen LogP contribution in [-0.4, -0.2) is 62.3 Å². The molecule has 0 amide bonds. The number of hydrogen-bond donors (Lipinski definition) is 2. The van der Waals surface area contributed by atoms with E-state index in [9.17, 15) is 9.90 Å². The second-order valence-electron chi connectivity index (χ2n) is 6.47. The Labute approximate surface area is 151 Å². The van der Waals surface area contributed by atoms with Crippen molar-refractivity contribution in [2.75, 3.05) is 26.9 Å². The van der Waals surface area contributed by atoms with Gasteiger partial charge >= 0.3 is 5.97 Å². The van der Waals surface area contributed by atoms with E-state index in [1.807, 2.05) is 13.0 Å². The zero-order chi connectivity index (χ0) is 18.5. The number of carbonyl (C=O) groups is 1. The molecule has 1 aliphatic rings. The van der Waals surface area contributed by atoms with Gasteiger partial charge in [-0.05, 0) is 32.6 Å². The molecule has 1 heterocycles. The number of ether oxygens (including phenoxy) is 3. The summed E-state index contributed by atoms with van der Waals surface area (Å²) in [6.45, 7) is 6.12. The number of nitrogens with one attached hydrogen (secondary N) is 1. The minimum atomic E-state index is -0.872. The summed E-state index contributed by atoms with van der Waals surface area (Å²) in [5.41, 5.74) is 0. The summed E-state index contributed by atoms with van der Waals surface area (Å²) < 4.78 is 16.8. The van der Waals surface area contributed by atoms with Crippen LogP contribution >= 0.6 is 0 Å². The maximum absolute atomic E-state index is 11.5. The summed E-state index contributed by atoms with van der Waals surface area (Å²) in [6.07, 6.45) is 9.30. The van der Waals surface area contributed by atoms with Crippen molar-refractivity contribution < 1.29 is 24.1 Å². The average Bonchev–Trinajstić information content (AvgIpc) is 2.62. The first-order chi connectivity index (χ1) is 12.1. The highest BCUT2D eigenvalue weighted by atomic mass is 16.5. The van der Waals surface area contributed by atoms with Gasteiger partial charge in [0.1, 0.15) is 6.04 Å². The van der Waals surface area contributed by atoms with E-state index in [1.54, 1.807) is 13.2 Å². The van der Waals surface area contributed by atoms with Gasteiger partial charge in [-0.15, -0.1) is 0 Å². The van der Waals surface area contributed by atoms with E-state index in [2.05, 4.69) is 12.2 Å². The molecule has 1 rings (SSSR count). The summed E-state index contributed by atoms with van der Waals surface area (Å²) in [4.78, 5) is 11.5. The van der Waals surface area contributed by atoms with Crippen LogP contribution in [0.3, 0.4) is 0 Å². The van der Waals surface area contributed by atoms with E-state index in [1.165, 1.54) is 0 Å². The Morgan fingerprint density at radius 3 is 2.76 bits per heavy atom. The van der Waals surface area contributed by atoms with Crippen molar-refractivity contribution in [3.8, 4) is 0 Å². The lowest BCUT2D eigenvalue weighted by Gasteiger charge is -2.26. The van der Waals surface area contributed by atoms with Gasteiger partial charge in [0.15, 0.2) is 0 Å². The summed E-state index contributed by atoms with van der Waals surface area (Å²) >= 11 is 0. The predicted octanol–water partition coefficient (Wildman–Crippen LogP) is 2.76. The fourth-order valence-corrected chi connectivity index (χ4v) is 3.08. The monoisotopic (exact) mass is 357 g/mol. The minimum Gasteiger partial charge on any atom is -0.480 e. The Kier molecular flexibility index (Phi) is 11.7. The van der Waals surface area contributed by atoms with Gasteiger partial charge in [0.2, 0.25) is 0 Å². The molecular weight excluding hydrogens is 322 g/mol. The zero-order valence-corrected chi connectivity index (χ0v) is 15.9. The lowest BCUT2D eigenvalue weighted by atomic mass is 10.0. The first-order valence-electron chi connectivity index (χ1n) is 9.49. The van der Waals surface area contributed by atoms with Crippen LogP contribution < -0.4 is 5.32 Å². The summed E-state index contributed by atoms with van der Waals surface area (Å²) in [6, 6.07) is -0.608. The maximum Gasteiger partial charge on any atom is 0.324 e. The first kappa shape index (κ1) is 22.1. The van der Waals surface area contributed by atoms with Crippen LogP contribution in [0.4, 0.5) is 0 Å². The number of hydrogen-bond acceptors (Lipinski definition) is 5. The molecule has 0 aromatic carbocycles. The highest BCUT2D eigenvalue weighted by Gasteiger charge is 2.23. The molecule has 4 atom stereocenters. The van der Waals surface area contributed by atoms with Crippen LogP contribution in [0, 0.1) is 0 Å². The normalized spacial score (nSPS) is 22.0. The number of methoxy groups -OCH3 is 1. The van der Waals surface area contributed by atoms with E-state index in [0.717, 1.165) is 38.7 Å². The zero-order valence-electron chi connectivity index (χ0n) is 15.9. The van der Waals surface area contributed by atoms with Crippen molar-refractivity contribution in [2.24, 2.45) is 0 Å². The SMILES string of the molecule is CCCC[C@@H](OCC)[C@H](CC=C[C@H](N[C@@H]1CCCOC1)C(=O)O)OC. The van der Waals surface area contributed by atoms with E-state index in [-0.39, 0.29) is 18.2 Å². The molecule has 1 aliphatic heterocycles. The molecule has 0 unspecified atom stereocenters. The fourth-order valence-electron chi connectivity index (χ4n) is 3.08. The maximum atomic E-state index is 11.5. The average molecular weight is 357 g/mol. The second-order valence-corrected chi connectivity index (χ2v) is 6.47. The van der Waals surface area contributed by atoms with Crippen molar-refractivity contribution >= 4 is 5.97 Å².